The number of amides is 1. The topological polar surface area (TPSA) is 75.2 Å². The second-order valence-electron chi connectivity index (χ2n) is 6.46. The molecule has 170 valence electrons. The standard InChI is InChI=1S/C19H27F3N4O3.HI/c1-3-23-17(25-15-9-11-26(12-10-15)18(27)28-4-2)24-13-14-7-5-6-8-16(14)29-19(20,21)22;/h5-8,15H,3-4,9-13H2,1-2H3,(H2,23,24,25);1H. The second kappa shape index (κ2) is 12.7. The predicted octanol–water partition coefficient (Wildman–Crippen LogP) is 3.88. The lowest BCUT2D eigenvalue weighted by Gasteiger charge is -2.32. The number of guanidine groups is 1. The highest BCUT2D eigenvalue weighted by Crippen LogP contribution is 2.26. The van der Waals surface area contributed by atoms with E-state index in [1.54, 1.807) is 24.0 Å². The fraction of sp³-hybridized carbons (Fsp3) is 0.579. The van der Waals surface area contributed by atoms with Gasteiger partial charge in [0, 0.05) is 31.2 Å². The van der Waals surface area contributed by atoms with Crippen molar-refractivity contribution < 1.29 is 27.4 Å². The number of benzene rings is 1. The summed E-state index contributed by atoms with van der Waals surface area (Å²) < 4.78 is 46.8. The van der Waals surface area contributed by atoms with Gasteiger partial charge < -0.3 is 25.0 Å². The third-order valence-corrected chi connectivity index (χ3v) is 4.31. The molecule has 0 unspecified atom stereocenters. The van der Waals surface area contributed by atoms with Crippen LogP contribution in [0, 0.1) is 0 Å². The van der Waals surface area contributed by atoms with Gasteiger partial charge in [0.05, 0.1) is 13.2 Å². The van der Waals surface area contributed by atoms with Crippen molar-refractivity contribution >= 4 is 36.0 Å². The van der Waals surface area contributed by atoms with Gasteiger partial charge in [-0.3, -0.25) is 0 Å². The maximum Gasteiger partial charge on any atom is 0.573 e. The summed E-state index contributed by atoms with van der Waals surface area (Å²) in [6, 6.07) is 6.03. The molecule has 7 nitrogen and oxygen atoms in total. The van der Waals surface area contributed by atoms with Gasteiger partial charge >= 0.3 is 12.5 Å². The molecule has 1 saturated heterocycles. The summed E-state index contributed by atoms with van der Waals surface area (Å²) in [6.45, 7) is 5.78. The molecule has 0 bridgehead atoms. The Labute approximate surface area is 191 Å². The first-order valence-corrected chi connectivity index (χ1v) is 9.62. The molecular formula is C19H28F3IN4O3. The van der Waals surface area contributed by atoms with Gasteiger partial charge in [-0.15, -0.1) is 37.1 Å². The number of rotatable bonds is 6. The molecule has 1 aromatic carbocycles. The molecule has 1 amide bonds. The Morgan fingerprint density at radius 2 is 1.90 bits per heavy atom. The normalized spacial score (nSPS) is 15.2. The van der Waals surface area contributed by atoms with E-state index in [1.807, 2.05) is 6.92 Å². The second-order valence-corrected chi connectivity index (χ2v) is 6.46. The maximum absolute atomic E-state index is 12.6. The molecule has 1 aliphatic rings. The minimum Gasteiger partial charge on any atom is -0.450 e. The number of carbonyl (C=O) groups is 1. The lowest BCUT2D eigenvalue weighted by Crippen LogP contribution is -2.49. The Kier molecular flexibility index (Phi) is 11.1. The molecule has 2 N–H and O–H groups in total. The first-order chi connectivity index (χ1) is 13.8. The van der Waals surface area contributed by atoms with Crippen molar-refractivity contribution in [3.8, 4) is 5.75 Å². The fourth-order valence-corrected chi connectivity index (χ4v) is 2.96. The third-order valence-electron chi connectivity index (χ3n) is 4.31. The number of halogens is 4. The predicted molar refractivity (Wildman–Crippen MR) is 118 cm³/mol. The number of nitrogens with zero attached hydrogens (tertiary/aromatic N) is 2. The van der Waals surface area contributed by atoms with Crippen LogP contribution in [-0.2, 0) is 11.3 Å². The van der Waals surface area contributed by atoms with Gasteiger partial charge in [-0.25, -0.2) is 9.79 Å². The minimum absolute atomic E-state index is 0. The lowest BCUT2D eigenvalue weighted by atomic mass is 10.1. The summed E-state index contributed by atoms with van der Waals surface area (Å²) in [5.41, 5.74) is 0.333. The van der Waals surface area contributed by atoms with E-state index in [-0.39, 0.29) is 48.4 Å². The van der Waals surface area contributed by atoms with Crippen LogP contribution in [0.1, 0.15) is 32.3 Å². The number of piperidine rings is 1. The van der Waals surface area contributed by atoms with Crippen molar-refractivity contribution in [3.63, 3.8) is 0 Å². The Balaban J connectivity index is 0.00000450. The van der Waals surface area contributed by atoms with Crippen LogP contribution in [0.25, 0.3) is 0 Å². The van der Waals surface area contributed by atoms with Crippen molar-refractivity contribution in [2.45, 2.75) is 45.6 Å². The molecule has 1 heterocycles. The highest BCUT2D eigenvalue weighted by Gasteiger charge is 2.32. The van der Waals surface area contributed by atoms with Crippen molar-refractivity contribution in [1.29, 1.82) is 0 Å². The van der Waals surface area contributed by atoms with Gasteiger partial charge in [-0.05, 0) is 32.8 Å². The third kappa shape index (κ3) is 8.84. The average Bonchev–Trinajstić information content (AvgIpc) is 2.67. The number of nitrogens with one attached hydrogen (secondary N) is 2. The molecule has 0 radical (unpaired) electrons. The van der Waals surface area contributed by atoms with E-state index >= 15 is 0 Å². The van der Waals surface area contributed by atoms with Crippen molar-refractivity contribution in [1.82, 2.24) is 15.5 Å². The molecule has 0 spiro atoms. The lowest BCUT2D eigenvalue weighted by molar-refractivity contribution is -0.274. The highest BCUT2D eigenvalue weighted by molar-refractivity contribution is 14.0. The fourth-order valence-electron chi connectivity index (χ4n) is 2.96. The summed E-state index contributed by atoms with van der Waals surface area (Å²) in [6.07, 6.45) is -3.63. The highest BCUT2D eigenvalue weighted by atomic mass is 127. The maximum atomic E-state index is 12.6. The van der Waals surface area contributed by atoms with Crippen LogP contribution < -0.4 is 15.4 Å². The summed E-state index contributed by atoms with van der Waals surface area (Å²) in [5, 5.41) is 6.38. The molecule has 11 heteroatoms. The summed E-state index contributed by atoms with van der Waals surface area (Å²) in [4.78, 5) is 17.8. The van der Waals surface area contributed by atoms with E-state index in [9.17, 15) is 18.0 Å². The van der Waals surface area contributed by atoms with Gasteiger partial charge in [-0.1, -0.05) is 18.2 Å². The number of alkyl halides is 3. The smallest absolute Gasteiger partial charge is 0.450 e. The van der Waals surface area contributed by atoms with Crippen LogP contribution in [0.2, 0.25) is 0 Å². The first-order valence-electron chi connectivity index (χ1n) is 9.62. The summed E-state index contributed by atoms with van der Waals surface area (Å²) >= 11 is 0. The van der Waals surface area contributed by atoms with Crippen molar-refractivity contribution in [2.24, 2.45) is 4.99 Å². The molecule has 0 aliphatic carbocycles. The Bertz CT molecular complexity index is 696. The minimum atomic E-state index is -4.75. The monoisotopic (exact) mass is 544 g/mol. The zero-order chi connectivity index (χ0) is 21.3. The van der Waals surface area contributed by atoms with Crippen LogP contribution in [0.15, 0.2) is 29.3 Å². The number of para-hydroxylation sites is 1. The van der Waals surface area contributed by atoms with Crippen LogP contribution in [0.3, 0.4) is 0 Å². The van der Waals surface area contributed by atoms with E-state index in [0.29, 0.717) is 37.8 Å². The number of aliphatic imine (C=N–C) groups is 1. The summed E-state index contributed by atoms with van der Waals surface area (Å²) in [7, 11) is 0. The Hall–Kier alpha value is -1.92. The molecule has 0 aromatic heterocycles. The molecule has 1 fully saturated rings. The average molecular weight is 544 g/mol. The van der Waals surface area contributed by atoms with Crippen molar-refractivity contribution in [2.75, 3.05) is 26.2 Å². The quantitative estimate of drug-likeness (QED) is 0.323. The van der Waals surface area contributed by atoms with Gasteiger partial charge in [-0.2, -0.15) is 0 Å². The van der Waals surface area contributed by atoms with Crippen molar-refractivity contribution in [3.05, 3.63) is 29.8 Å². The van der Waals surface area contributed by atoms with E-state index in [4.69, 9.17) is 4.74 Å². The Morgan fingerprint density at radius 3 is 2.50 bits per heavy atom. The van der Waals surface area contributed by atoms with Crippen LogP contribution >= 0.6 is 24.0 Å². The molecule has 1 aromatic rings. The van der Waals surface area contributed by atoms with Gasteiger partial charge in [0.1, 0.15) is 5.75 Å². The van der Waals surface area contributed by atoms with E-state index in [0.717, 1.165) is 12.8 Å². The van der Waals surface area contributed by atoms with E-state index in [1.165, 1.54) is 12.1 Å². The van der Waals surface area contributed by atoms with Gasteiger partial charge in [0.25, 0.3) is 0 Å². The Morgan fingerprint density at radius 1 is 1.23 bits per heavy atom. The number of likely N-dealkylation sites (tertiary alicyclic amines) is 1. The number of hydrogen-bond acceptors (Lipinski definition) is 4. The van der Waals surface area contributed by atoms with Crippen LogP contribution in [0.5, 0.6) is 5.75 Å². The largest absolute Gasteiger partial charge is 0.573 e. The SMILES string of the molecule is CCNC(=NCc1ccccc1OC(F)(F)F)NC1CCN(C(=O)OCC)CC1.I. The molecule has 1 aliphatic heterocycles. The van der Waals surface area contributed by atoms with Crippen LogP contribution in [0.4, 0.5) is 18.0 Å². The van der Waals surface area contributed by atoms with Gasteiger partial charge in [0.2, 0.25) is 0 Å². The molecule has 30 heavy (non-hydrogen) atoms. The number of ether oxygens (including phenoxy) is 2. The first kappa shape index (κ1) is 26.1. The molecular weight excluding hydrogens is 516 g/mol. The molecule has 0 saturated carbocycles. The van der Waals surface area contributed by atoms with E-state index in [2.05, 4.69) is 20.4 Å². The molecule has 2 rings (SSSR count). The van der Waals surface area contributed by atoms with Gasteiger partial charge in [0.15, 0.2) is 5.96 Å². The zero-order valence-electron chi connectivity index (χ0n) is 17.0. The molecule has 0 atom stereocenters. The number of hydrogen-bond donors (Lipinski definition) is 2. The zero-order valence-corrected chi connectivity index (χ0v) is 19.3. The number of carbonyl (C=O) groups excluding carboxylic acids is 1. The van der Waals surface area contributed by atoms with Crippen LogP contribution in [-0.4, -0.2) is 55.6 Å². The summed E-state index contributed by atoms with van der Waals surface area (Å²) in [5.74, 6) is 0.242. The van der Waals surface area contributed by atoms with E-state index < -0.39 is 6.36 Å².